The average molecular weight is 484 g/mol. The second-order valence-electron chi connectivity index (χ2n) is 8.17. The number of aromatic carboxylic acids is 1. The van der Waals surface area contributed by atoms with Gasteiger partial charge >= 0.3 is 12.0 Å². The first-order valence-electron chi connectivity index (χ1n) is 11.3. The molecule has 0 bridgehead atoms. The number of hydrogen-bond donors (Lipinski definition) is 1. The molecule has 2 heterocycles. The smallest absolute Gasteiger partial charge is 0.357 e. The molecule has 2 aromatic rings. The number of hydrogen-bond acceptors (Lipinski definition) is 5. The summed E-state index contributed by atoms with van der Waals surface area (Å²) in [6, 6.07) is 8.04. The average Bonchev–Trinajstić information content (AvgIpc) is 3.23. The monoisotopic (exact) mass is 483 g/mol. The minimum atomic E-state index is -1.26. The topological polar surface area (TPSA) is 91.0 Å². The number of carboxylic acid groups (broad SMARTS) is 1. The molecule has 180 valence electrons. The van der Waals surface area contributed by atoms with Gasteiger partial charge in [0.2, 0.25) is 0 Å². The van der Waals surface area contributed by atoms with Gasteiger partial charge in [-0.25, -0.2) is 9.59 Å². The Morgan fingerprint density at radius 3 is 2.59 bits per heavy atom. The molecule has 8 nitrogen and oxygen atoms in total. The Hall–Kier alpha value is -3.23. The van der Waals surface area contributed by atoms with Gasteiger partial charge in [-0.3, -0.25) is 9.89 Å². The third-order valence-electron chi connectivity index (χ3n) is 5.75. The zero-order valence-electron chi connectivity index (χ0n) is 19.7. The molecular formula is C25H30ClN5O3. The van der Waals surface area contributed by atoms with E-state index >= 15 is 0 Å². The first-order chi connectivity index (χ1) is 16.3. The summed E-state index contributed by atoms with van der Waals surface area (Å²) in [5.74, 6) is -1.26. The van der Waals surface area contributed by atoms with Gasteiger partial charge in [0.1, 0.15) is 0 Å². The van der Waals surface area contributed by atoms with Crippen molar-refractivity contribution in [2.45, 2.75) is 33.7 Å². The second kappa shape index (κ2) is 11.8. The van der Waals surface area contributed by atoms with Gasteiger partial charge in [-0.05, 0) is 43.0 Å². The van der Waals surface area contributed by atoms with E-state index in [9.17, 15) is 9.59 Å². The van der Waals surface area contributed by atoms with Crippen molar-refractivity contribution in [3.8, 4) is 0 Å². The minimum Gasteiger partial charge on any atom is -0.476 e. The molecule has 1 amide bonds. The van der Waals surface area contributed by atoms with Crippen LogP contribution < -0.4 is 0 Å². The fourth-order valence-corrected chi connectivity index (χ4v) is 3.81. The summed E-state index contributed by atoms with van der Waals surface area (Å²) in [6.07, 6.45) is 8.07. The van der Waals surface area contributed by atoms with Crippen molar-refractivity contribution < 1.29 is 14.7 Å². The summed E-state index contributed by atoms with van der Waals surface area (Å²) < 4.78 is 1.00. The highest BCUT2D eigenvalue weighted by atomic mass is 35.5. The van der Waals surface area contributed by atoms with E-state index in [4.69, 9.17) is 16.7 Å². The molecule has 1 fully saturated rings. The lowest BCUT2D eigenvalue weighted by Gasteiger charge is -2.34. The van der Waals surface area contributed by atoms with Gasteiger partial charge in [-0.2, -0.15) is 9.78 Å². The van der Waals surface area contributed by atoms with E-state index in [2.05, 4.69) is 59.2 Å². The minimum absolute atomic E-state index is 0.0542. The van der Waals surface area contributed by atoms with Gasteiger partial charge in [0.15, 0.2) is 5.69 Å². The van der Waals surface area contributed by atoms with E-state index in [1.807, 2.05) is 19.3 Å². The molecule has 1 aromatic heterocycles. The number of amides is 1. The van der Waals surface area contributed by atoms with E-state index in [0.717, 1.165) is 28.8 Å². The van der Waals surface area contributed by atoms with Crippen LogP contribution in [0, 0.1) is 0 Å². The summed E-state index contributed by atoms with van der Waals surface area (Å²) in [7, 11) is 0. The molecule has 0 saturated carbocycles. The maximum atomic E-state index is 12.7. The van der Waals surface area contributed by atoms with Gasteiger partial charge in [-0.1, -0.05) is 48.4 Å². The van der Waals surface area contributed by atoms with Crippen LogP contribution in [-0.4, -0.2) is 69.1 Å². The zero-order valence-corrected chi connectivity index (χ0v) is 20.5. The number of allylic oxidation sites excluding steroid dienone is 3. The molecule has 1 saturated heterocycles. The molecule has 0 spiro atoms. The largest absolute Gasteiger partial charge is 0.476 e. The highest BCUT2D eigenvalue weighted by Crippen LogP contribution is 2.18. The van der Waals surface area contributed by atoms with E-state index in [1.165, 1.54) is 17.3 Å². The predicted octanol–water partition coefficient (Wildman–Crippen LogP) is 4.81. The summed E-state index contributed by atoms with van der Waals surface area (Å²) >= 11 is 5.87. The number of piperazine rings is 1. The van der Waals surface area contributed by atoms with Crippen LogP contribution in [0.25, 0.3) is 5.57 Å². The van der Waals surface area contributed by atoms with Crippen molar-refractivity contribution in [2.24, 2.45) is 4.99 Å². The molecule has 0 atom stereocenters. The predicted molar refractivity (Wildman–Crippen MR) is 134 cm³/mol. The van der Waals surface area contributed by atoms with Crippen molar-refractivity contribution in [1.82, 2.24) is 19.6 Å². The third kappa shape index (κ3) is 6.42. The van der Waals surface area contributed by atoms with Crippen LogP contribution in [0.1, 0.15) is 48.8 Å². The number of aromatic nitrogens is 2. The van der Waals surface area contributed by atoms with E-state index in [1.54, 1.807) is 4.90 Å². The van der Waals surface area contributed by atoms with Gasteiger partial charge in [0.05, 0.1) is 11.2 Å². The molecule has 0 radical (unpaired) electrons. The molecule has 1 aromatic carbocycles. The van der Waals surface area contributed by atoms with Gasteiger partial charge in [0, 0.05) is 45.1 Å². The molecule has 3 rings (SSSR count). The van der Waals surface area contributed by atoms with Crippen LogP contribution in [-0.2, 0) is 6.54 Å². The third-order valence-corrected chi connectivity index (χ3v) is 6.03. The Morgan fingerprint density at radius 1 is 1.24 bits per heavy atom. The van der Waals surface area contributed by atoms with Crippen molar-refractivity contribution in [1.29, 1.82) is 0 Å². The van der Waals surface area contributed by atoms with Gasteiger partial charge < -0.3 is 10.0 Å². The molecule has 9 heteroatoms. The summed E-state index contributed by atoms with van der Waals surface area (Å²) in [5, 5.41) is 12.8. The number of carboxylic acids is 1. The van der Waals surface area contributed by atoms with E-state index in [-0.39, 0.29) is 16.7 Å². The Labute approximate surface area is 204 Å². The fraction of sp³-hybridized carbons (Fsp3) is 0.360. The standard InChI is InChI=1S/C25H30ClN5O3/c1-4-18(3)14-27-15-20(5-2)21-8-6-7-19(13-21)16-29-9-11-30(12-10-29)25(34)31-17-22(26)23(28-31)24(32)33/h5-8,13-15,17H,4,9-12,16H2,1-3H3,(H,32,33)/b18-14+,20-5+,27-15+. The summed E-state index contributed by atoms with van der Waals surface area (Å²) in [6.45, 7) is 9.41. The molecule has 1 aliphatic rings. The molecule has 1 aliphatic heterocycles. The Morgan fingerprint density at radius 2 is 1.97 bits per heavy atom. The molecule has 0 unspecified atom stereocenters. The highest BCUT2D eigenvalue weighted by molar-refractivity contribution is 6.33. The van der Waals surface area contributed by atoms with Crippen LogP contribution in [0.3, 0.4) is 0 Å². The SMILES string of the molecule is C\C=C(/C=N/C=C(\C)CC)c1cccc(CN2CCN(C(=O)n3cc(Cl)c(C(=O)O)n3)CC2)c1. The number of carbonyl (C=O) groups excluding carboxylic acids is 1. The quantitative estimate of drug-likeness (QED) is 0.571. The molecular weight excluding hydrogens is 454 g/mol. The van der Waals surface area contributed by atoms with Crippen molar-refractivity contribution in [2.75, 3.05) is 26.2 Å². The first kappa shape index (κ1) is 25.4. The normalized spacial score (nSPS) is 15.8. The van der Waals surface area contributed by atoms with Crippen molar-refractivity contribution >= 4 is 35.4 Å². The Kier molecular flexibility index (Phi) is 8.79. The maximum Gasteiger partial charge on any atom is 0.357 e. The lowest BCUT2D eigenvalue weighted by atomic mass is 10.0. The van der Waals surface area contributed by atoms with E-state index < -0.39 is 5.97 Å². The number of halogens is 1. The number of aliphatic imine (C=N–C) groups is 1. The van der Waals surface area contributed by atoms with Crippen LogP contribution >= 0.6 is 11.6 Å². The van der Waals surface area contributed by atoms with E-state index in [0.29, 0.717) is 26.2 Å². The molecule has 0 aliphatic carbocycles. The fourth-order valence-electron chi connectivity index (χ4n) is 3.60. The highest BCUT2D eigenvalue weighted by Gasteiger charge is 2.25. The number of nitrogens with zero attached hydrogens (tertiary/aromatic N) is 5. The summed E-state index contributed by atoms with van der Waals surface area (Å²) in [5.41, 5.74) is 4.28. The van der Waals surface area contributed by atoms with Crippen LogP contribution in [0.5, 0.6) is 0 Å². The second-order valence-corrected chi connectivity index (χ2v) is 8.58. The van der Waals surface area contributed by atoms with Crippen LogP contribution in [0.4, 0.5) is 4.79 Å². The Bertz CT molecular complexity index is 1130. The van der Waals surface area contributed by atoms with Gasteiger partial charge in [0.25, 0.3) is 0 Å². The zero-order chi connectivity index (χ0) is 24.7. The molecule has 34 heavy (non-hydrogen) atoms. The lowest BCUT2D eigenvalue weighted by molar-refractivity contribution is 0.0690. The van der Waals surface area contributed by atoms with Crippen LogP contribution in [0.2, 0.25) is 5.02 Å². The number of carbonyl (C=O) groups is 2. The summed E-state index contributed by atoms with van der Waals surface area (Å²) in [4.78, 5) is 32.2. The first-order valence-corrected chi connectivity index (χ1v) is 11.6. The van der Waals surface area contributed by atoms with Gasteiger partial charge in [-0.15, -0.1) is 0 Å². The van der Waals surface area contributed by atoms with Crippen LogP contribution in [0.15, 0.2) is 53.3 Å². The maximum absolute atomic E-state index is 12.7. The van der Waals surface area contributed by atoms with Crippen molar-refractivity contribution in [3.05, 3.63) is 70.2 Å². The number of benzene rings is 1. The molecule has 1 N–H and O–H groups in total. The van der Waals surface area contributed by atoms with Crippen molar-refractivity contribution in [3.63, 3.8) is 0 Å². The Balaban J connectivity index is 1.59. The number of rotatable bonds is 7. The lowest BCUT2D eigenvalue weighted by Crippen LogP contribution is -2.49.